The molecule has 1 atom stereocenters. The molecule has 1 nitrogen and oxygen atoms in total. The lowest BCUT2D eigenvalue weighted by atomic mass is 9.98. The van der Waals surface area contributed by atoms with Crippen LogP contribution in [-0.2, 0) is 4.74 Å². The highest BCUT2D eigenvalue weighted by molar-refractivity contribution is 5.17. The van der Waals surface area contributed by atoms with Gasteiger partial charge >= 0.3 is 0 Å². The van der Waals surface area contributed by atoms with E-state index in [1.165, 1.54) is 0 Å². The Kier molecular flexibility index (Phi) is 2.28. The van der Waals surface area contributed by atoms with Crippen LogP contribution in [0.25, 0.3) is 0 Å². The summed E-state index contributed by atoms with van der Waals surface area (Å²) in [6, 6.07) is 0. The highest BCUT2D eigenvalue weighted by Crippen LogP contribution is 2.20. The smallest absolute Gasteiger partial charge is 0.0871 e. The van der Waals surface area contributed by atoms with E-state index in [0.29, 0.717) is 0 Å². The molecular weight excluding hydrogens is 124 g/mol. The molecule has 0 aromatic heterocycles. The van der Waals surface area contributed by atoms with Crippen LogP contribution in [0.1, 0.15) is 20.3 Å². The molecule has 0 N–H and O–H groups in total. The van der Waals surface area contributed by atoms with Gasteiger partial charge in [0.15, 0.2) is 0 Å². The van der Waals surface area contributed by atoms with Crippen molar-refractivity contribution < 1.29 is 4.74 Å². The fourth-order valence-electron chi connectivity index (χ4n) is 1.14. The first-order chi connectivity index (χ1) is 4.77. The fraction of sp³-hybridized carbons (Fsp3) is 0.556. The lowest BCUT2D eigenvalue weighted by molar-refractivity contribution is 0.0153. The van der Waals surface area contributed by atoms with Crippen LogP contribution in [0.3, 0.4) is 0 Å². The van der Waals surface area contributed by atoms with Gasteiger partial charge in [0, 0.05) is 6.61 Å². The molecule has 1 unspecified atom stereocenters. The highest BCUT2D eigenvalue weighted by Gasteiger charge is 2.19. The Morgan fingerprint density at radius 3 is 2.80 bits per heavy atom. The van der Waals surface area contributed by atoms with E-state index < -0.39 is 0 Å². The van der Waals surface area contributed by atoms with Crippen molar-refractivity contribution in [2.75, 3.05) is 6.61 Å². The Bertz CT molecular complexity index is 158. The molecule has 10 heavy (non-hydrogen) atoms. The maximum absolute atomic E-state index is 5.53. The third-order valence-electron chi connectivity index (χ3n) is 1.69. The van der Waals surface area contributed by atoms with Crippen molar-refractivity contribution >= 4 is 0 Å². The van der Waals surface area contributed by atoms with Gasteiger partial charge in [0.1, 0.15) is 0 Å². The van der Waals surface area contributed by atoms with E-state index in [9.17, 15) is 0 Å². The van der Waals surface area contributed by atoms with Gasteiger partial charge in [-0.2, -0.15) is 0 Å². The van der Waals surface area contributed by atoms with E-state index in [0.717, 1.165) is 13.0 Å². The zero-order chi connectivity index (χ0) is 7.45. The largest absolute Gasteiger partial charge is 0.371 e. The van der Waals surface area contributed by atoms with E-state index >= 15 is 0 Å². The van der Waals surface area contributed by atoms with E-state index in [1.807, 2.05) is 13.0 Å². The normalized spacial score (nSPS) is 31.0. The summed E-state index contributed by atoms with van der Waals surface area (Å²) in [5.41, 5.74) is -0.0382. The molecule has 0 radical (unpaired) electrons. The van der Waals surface area contributed by atoms with Crippen LogP contribution in [0.15, 0.2) is 24.3 Å². The molecular formula is C9H14O. The number of allylic oxidation sites excluding steroid dienone is 2. The Hall–Kier alpha value is -0.560. The minimum atomic E-state index is -0.0382. The average Bonchev–Trinajstić information content (AvgIpc) is 1.89. The number of rotatable bonds is 2. The quantitative estimate of drug-likeness (QED) is 0.569. The van der Waals surface area contributed by atoms with Crippen LogP contribution in [0.2, 0.25) is 0 Å². The third-order valence-corrected chi connectivity index (χ3v) is 1.69. The van der Waals surface area contributed by atoms with E-state index in [1.54, 1.807) is 0 Å². The van der Waals surface area contributed by atoms with Crippen molar-refractivity contribution in [1.82, 2.24) is 0 Å². The summed E-state index contributed by atoms with van der Waals surface area (Å²) in [6.45, 7) is 4.92. The van der Waals surface area contributed by atoms with Crippen molar-refractivity contribution in [3.05, 3.63) is 24.3 Å². The molecule has 1 aliphatic rings. The van der Waals surface area contributed by atoms with Crippen LogP contribution in [-0.4, -0.2) is 12.2 Å². The van der Waals surface area contributed by atoms with Gasteiger partial charge in [-0.15, -0.1) is 0 Å². The monoisotopic (exact) mass is 138 g/mol. The first-order valence-corrected chi connectivity index (χ1v) is 3.75. The zero-order valence-electron chi connectivity index (χ0n) is 6.63. The Balaban J connectivity index is 2.52. The summed E-state index contributed by atoms with van der Waals surface area (Å²) in [7, 11) is 0. The summed E-state index contributed by atoms with van der Waals surface area (Å²) in [5.74, 6) is 0. The van der Waals surface area contributed by atoms with Gasteiger partial charge in [-0.05, 0) is 20.3 Å². The maximum Gasteiger partial charge on any atom is 0.0871 e. The third kappa shape index (κ3) is 1.71. The standard InChI is InChI=1S/C9H14O/c1-3-10-9(2)7-5-4-6-8-9/h4-7H,3,8H2,1-2H3. The van der Waals surface area contributed by atoms with Crippen molar-refractivity contribution in [1.29, 1.82) is 0 Å². The van der Waals surface area contributed by atoms with Crippen LogP contribution in [0.4, 0.5) is 0 Å². The topological polar surface area (TPSA) is 9.23 Å². The second-order valence-corrected chi connectivity index (χ2v) is 2.74. The average molecular weight is 138 g/mol. The first kappa shape index (κ1) is 7.55. The number of ether oxygens (including phenoxy) is 1. The van der Waals surface area contributed by atoms with E-state index in [-0.39, 0.29) is 5.60 Å². The van der Waals surface area contributed by atoms with Gasteiger partial charge in [0.2, 0.25) is 0 Å². The second-order valence-electron chi connectivity index (χ2n) is 2.74. The molecule has 0 heterocycles. The zero-order valence-corrected chi connectivity index (χ0v) is 6.63. The summed E-state index contributed by atoms with van der Waals surface area (Å²) in [4.78, 5) is 0. The maximum atomic E-state index is 5.53. The predicted molar refractivity (Wildman–Crippen MR) is 42.9 cm³/mol. The molecule has 0 saturated carbocycles. The molecule has 0 aromatic carbocycles. The van der Waals surface area contributed by atoms with Gasteiger partial charge in [0.05, 0.1) is 5.60 Å². The molecule has 0 fully saturated rings. The van der Waals surface area contributed by atoms with Gasteiger partial charge in [0.25, 0.3) is 0 Å². The lowest BCUT2D eigenvalue weighted by Crippen LogP contribution is -2.26. The van der Waals surface area contributed by atoms with Crippen molar-refractivity contribution in [3.63, 3.8) is 0 Å². The first-order valence-electron chi connectivity index (χ1n) is 3.75. The SMILES string of the molecule is CCOC1(C)C=CC=CC1. The minimum absolute atomic E-state index is 0.0382. The van der Waals surface area contributed by atoms with E-state index in [2.05, 4.69) is 25.2 Å². The van der Waals surface area contributed by atoms with Gasteiger partial charge in [-0.1, -0.05) is 24.3 Å². The van der Waals surface area contributed by atoms with Crippen LogP contribution in [0.5, 0.6) is 0 Å². The second kappa shape index (κ2) is 3.02. The molecule has 1 rings (SSSR count). The number of hydrogen-bond donors (Lipinski definition) is 0. The molecule has 0 amide bonds. The Labute approximate surface area is 62.4 Å². The van der Waals surface area contributed by atoms with Gasteiger partial charge < -0.3 is 4.74 Å². The molecule has 56 valence electrons. The fourth-order valence-corrected chi connectivity index (χ4v) is 1.14. The predicted octanol–water partition coefficient (Wildman–Crippen LogP) is 2.30. The summed E-state index contributed by atoms with van der Waals surface area (Å²) >= 11 is 0. The lowest BCUT2D eigenvalue weighted by Gasteiger charge is -2.25. The molecule has 0 saturated heterocycles. The summed E-state index contributed by atoms with van der Waals surface area (Å²) < 4.78 is 5.53. The highest BCUT2D eigenvalue weighted by atomic mass is 16.5. The Morgan fingerprint density at radius 2 is 2.30 bits per heavy atom. The molecule has 0 aromatic rings. The molecule has 0 aliphatic heterocycles. The minimum Gasteiger partial charge on any atom is -0.371 e. The molecule has 0 spiro atoms. The molecule has 1 heteroatoms. The van der Waals surface area contributed by atoms with Crippen LogP contribution in [0, 0.1) is 0 Å². The van der Waals surface area contributed by atoms with Gasteiger partial charge in [-0.3, -0.25) is 0 Å². The van der Waals surface area contributed by atoms with Crippen LogP contribution >= 0.6 is 0 Å². The van der Waals surface area contributed by atoms with Gasteiger partial charge in [-0.25, -0.2) is 0 Å². The summed E-state index contributed by atoms with van der Waals surface area (Å²) in [5, 5.41) is 0. The van der Waals surface area contributed by atoms with Crippen molar-refractivity contribution in [2.45, 2.75) is 25.9 Å². The number of hydrogen-bond acceptors (Lipinski definition) is 1. The Morgan fingerprint density at radius 1 is 1.50 bits per heavy atom. The van der Waals surface area contributed by atoms with Crippen molar-refractivity contribution in [3.8, 4) is 0 Å². The van der Waals surface area contributed by atoms with Crippen LogP contribution < -0.4 is 0 Å². The summed E-state index contributed by atoms with van der Waals surface area (Å²) in [6.07, 6.45) is 9.34. The van der Waals surface area contributed by atoms with Crippen molar-refractivity contribution in [2.24, 2.45) is 0 Å². The molecule has 1 aliphatic carbocycles. The van der Waals surface area contributed by atoms with E-state index in [4.69, 9.17) is 4.74 Å². The molecule has 0 bridgehead atoms.